The highest BCUT2D eigenvalue weighted by molar-refractivity contribution is 6.02. The minimum Gasteiger partial charge on any atom is -0.489 e. The summed E-state index contributed by atoms with van der Waals surface area (Å²) < 4.78 is 5.88. The molecule has 0 aliphatic heterocycles. The molecule has 0 unspecified atom stereocenters. The molecule has 1 atom stereocenters. The van der Waals surface area contributed by atoms with Gasteiger partial charge in [0, 0.05) is 16.8 Å². The number of ether oxygens (including phenoxy) is 1. The Morgan fingerprint density at radius 1 is 0.667 bits per heavy atom. The highest BCUT2D eigenvalue weighted by Crippen LogP contribution is 2.23. The molecule has 0 saturated carbocycles. The summed E-state index contributed by atoms with van der Waals surface area (Å²) in [6.07, 6.45) is 0. The monoisotopic (exact) mass is 555 g/mol. The fraction of sp³-hybridized carbons (Fsp3) is 0.0571. The zero-order chi connectivity index (χ0) is 29.3. The number of anilines is 1. The van der Waals surface area contributed by atoms with Gasteiger partial charge in [0.25, 0.3) is 11.8 Å². The first-order valence-electron chi connectivity index (χ1n) is 13.4. The van der Waals surface area contributed by atoms with E-state index in [4.69, 9.17) is 10.5 Å². The van der Waals surface area contributed by atoms with Gasteiger partial charge in [-0.15, -0.1) is 0 Å². The Kier molecular flexibility index (Phi) is 8.70. The molecule has 0 bridgehead atoms. The van der Waals surface area contributed by atoms with Crippen LogP contribution < -0.4 is 21.1 Å². The van der Waals surface area contributed by atoms with Crippen LogP contribution in [0.3, 0.4) is 0 Å². The first-order chi connectivity index (χ1) is 20.5. The van der Waals surface area contributed by atoms with E-state index in [0.717, 1.165) is 16.7 Å². The van der Waals surface area contributed by atoms with E-state index in [9.17, 15) is 14.4 Å². The van der Waals surface area contributed by atoms with Crippen LogP contribution in [0.2, 0.25) is 0 Å². The molecule has 42 heavy (non-hydrogen) atoms. The van der Waals surface area contributed by atoms with Crippen LogP contribution in [-0.2, 0) is 11.4 Å². The summed E-state index contributed by atoms with van der Waals surface area (Å²) in [7, 11) is 0. The summed E-state index contributed by atoms with van der Waals surface area (Å²) in [5.41, 5.74) is 10.0. The van der Waals surface area contributed by atoms with Crippen LogP contribution in [0.5, 0.6) is 5.75 Å². The van der Waals surface area contributed by atoms with Crippen molar-refractivity contribution in [2.24, 2.45) is 5.73 Å². The number of nitrogens with two attached hydrogens (primary N) is 1. The molecular weight excluding hydrogens is 526 g/mol. The summed E-state index contributed by atoms with van der Waals surface area (Å²) in [4.78, 5) is 38.5. The quantitative estimate of drug-likeness (QED) is 0.192. The van der Waals surface area contributed by atoms with E-state index in [-0.39, 0.29) is 5.56 Å². The summed E-state index contributed by atoms with van der Waals surface area (Å²) in [6.45, 7) is 0.399. The molecule has 0 spiro atoms. The van der Waals surface area contributed by atoms with E-state index in [1.54, 1.807) is 54.6 Å². The lowest BCUT2D eigenvalue weighted by molar-refractivity contribution is -0.118. The number of primary amides is 1. The number of hydrogen-bond donors (Lipinski definition) is 3. The van der Waals surface area contributed by atoms with E-state index in [1.807, 2.05) is 72.8 Å². The van der Waals surface area contributed by atoms with Gasteiger partial charge in [0.1, 0.15) is 18.4 Å². The lowest BCUT2D eigenvalue weighted by atomic mass is 10.0. The second-order valence-corrected chi connectivity index (χ2v) is 9.63. The number of carbonyl (C=O) groups excluding carboxylic acids is 3. The number of nitrogens with one attached hydrogen (secondary N) is 2. The van der Waals surface area contributed by atoms with Crippen LogP contribution in [-0.4, -0.2) is 17.7 Å². The molecule has 5 aromatic carbocycles. The first kappa shape index (κ1) is 27.9. The molecule has 0 radical (unpaired) electrons. The van der Waals surface area contributed by atoms with Gasteiger partial charge < -0.3 is 21.1 Å². The molecule has 7 heteroatoms. The molecule has 0 aliphatic rings. The van der Waals surface area contributed by atoms with Crippen molar-refractivity contribution in [3.63, 3.8) is 0 Å². The van der Waals surface area contributed by atoms with Crippen molar-refractivity contribution in [3.8, 4) is 16.9 Å². The maximum Gasteiger partial charge on any atom is 0.252 e. The zero-order valence-electron chi connectivity index (χ0n) is 22.7. The maximum absolute atomic E-state index is 13.5. The summed E-state index contributed by atoms with van der Waals surface area (Å²) in [5.74, 6) is -0.881. The van der Waals surface area contributed by atoms with Crippen LogP contribution in [0.25, 0.3) is 11.1 Å². The molecule has 5 aromatic rings. The fourth-order valence-electron chi connectivity index (χ4n) is 4.42. The van der Waals surface area contributed by atoms with Crippen molar-refractivity contribution < 1.29 is 19.1 Å². The second kappa shape index (κ2) is 13.1. The molecule has 0 fully saturated rings. The molecule has 0 heterocycles. The van der Waals surface area contributed by atoms with Crippen molar-refractivity contribution in [3.05, 3.63) is 156 Å². The Labute approximate surface area is 244 Å². The van der Waals surface area contributed by atoms with E-state index >= 15 is 0 Å². The third-order valence-electron chi connectivity index (χ3n) is 6.67. The molecular formula is C35H29N3O4. The minimum atomic E-state index is -1.04. The Hall–Kier alpha value is -5.69. The van der Waals surface area contributed by atoms with E-state index < -0.39 is 23.8 Å². The Morgan fingerprint density at radius 3 is 1.98 bits per heavy atom. The predicted octanol–water partition coefficient (Wildman–Crippen LogP) is 6.14. The highest BCUT2D eigenvalue weighted by atomic mass is 16.5. The Bertz CT molecular complexity index is 1670. The van der Waals surface area contributed by atoms with Gasteiger partial charge in [-0.25, -0.2) is 0 Å². The van der Waals surface area contributed by atoms with Gasteiger partial charge in [0.05, 0.1) is 0 Å². The Balaban J connectivity index is 1.36. The van der Waals surface area contributed by atoms with Gasteiger partial charge >= 0.3 is 0 Å². The molecule has 0 saturated heterocycles. The van der Waals surface area contributed by atoms with E-state index in [0.29, 0.717) is 29.2 Å². The SMILES string of the molecule is NC(=O)c1cccc(NC(=O)[C@@H](NC(=O)c2ccc(-c3ccccc3)cc2)c2ccc(OCc3ccccc3)cc2)c1. The molecule has 0 aromatic heterocycles. The molecule has 0 aliphatic carbocycles. The zero-order valence-corrected chi connectivity index (χ0v) is 22.7. The smallest absolute Gasteiger partial charge is 0.252 e. The number of hydrogen-bond acceptors (Lipinski definition) is 4. The molecule has 5 rings (SSSR count). The topological polar surface area (TPSA) is 111 Å². The van der Waals surface area contributed by atoms with E-state index in [2.05, 4.69) is 10.6 Å². The maximum atomic E-state index is 13.5. The fourth-order valence-corrected chi connectivity index (χ4v) is 4.42. The van der Waals surface area contributed by atoms with Crippen LogP contribution in [0.15, 0.2) is 133 Å². The normalized spacial score (nSPS) is 11.2. The van der Waals surface area contributed by atoms with Crippen LogP contribution in [0.1, 0.15) is 37.9 Å². The third-order valence-corrected chi connectivity index (χ3v) is 6.67. The Morgan fingerprint density at radius 2 is 1.31 bits per heavy atom. The van der Waals surface area contributed by atoms with Gasteiger partial charge in [0.2, 0.25) is 5.91 Å². The number of rotatable bonds is 10. The average Bonchev–Trinajstić information content (AvgIpc) is 3.04. The largest absolute Gasteiger partial charge is 0.489 e. The van der Waals surface area contributed by atoms with Gasteiger partial charge in [-0.05, 0) is 64.7 Å². The lowest BCUT2D eigenvalue weighted by Gasteiger charge is -2.20. The number of benzene rings is 5. The average molecular weight is 556 g/mol. The molecule has 4 N–H and O–H groups in total. The van der Waals surface area contributed by atoms with Crippen molar-refractivity contribution >= 4 is 23.4 Å². The molecule has 7 nitrogen and oxygen atoms in total. The van der Waals surface area contributed by atoms with E-state index in [1.165, 1.54) is 6.07 Å². The van der Waals surface area contributed by atoms with Gasteiger partial charge in [0.15, 0.2) is 0 Å². The van der Waals surface area contributed by atoms with Crippen LogP contribution in [0.4, 0.5) is 5.69 Å². The number of amides is 3. The van der Waals surface area contributed by atoms with Crippen molar-refractivity contribution in [1.29, 1.82) is 0 Å². The molecule has 3 amide bonds. The lowest BCUT2D eigenvalue weighted by Crippen LogP contribution is -2.37. The van der Waals surface area contributed by atoms with Crippen LogP contribution >= 0.6 is 0 Å². The van der Waals surface area contributed by atoms with Gasteiger partial charge in [-0.2, -0.15) is 0 Å². The summed E-state index contributed by atoms with van der Waals surface area (Å²) >= 11 is 0. The van der Waals surface area contributed by atoms with Crippen molar-refractivity contribution in [2.45, 2.75) is 12.6 Å². The highest BCUT2D eigenvalue weighted by Gasteiger charge is 2.24. The standard InChI is InChI=1S/C35H29N3O4/c36-33(39)29-12-7-13-30(22-29)37-35(41)32(27-18-20-31(21-19-27)42-23-24-8-3-1-4-9-24)38-34(40)28-16-14-26(15-17-28)25-10-5-2-6-11-25/h1-22,32H,23H2,(H2,36,39)(H,37,41)(H,38,40)/t32-/m0/s1. The van der Waals surface area contributed by atoms with Crippen molar-refractivity contribution in [2.75, 3.05) is 5.32 Å². The second-order valence-electron chi connectivity index (χ2n) is 9.63. The molecule has 208 valence electrons. The van der Waals surface area contributed by atoms with Gasteiger partial charge in [-0.3, -0.25) is 14.4 Å². The van der Waals surface area contributed by atoms with Crippen LogP contribution in [0, 0.1) is 0 Å². The summed E-state index contributed by atoms with van der Waals surface area (Å²) in [6, 6.07) is 39.1. The minimum absolute atomic E-state index is 0.256. The first-order valence-corrected chi connectivity index (χ1v) is 13.4. The third kappa shape index (κ3) is 7.08. The predicted molar refractivity (Wildman–Crippen MR) is 163 cm³/mol. The van der Waals surface area contributed by atoms with Crippen molar-refractivity contribution in [1.82, 2.24) is 5.32 Å². The van der Waals surface area contributed by atoms with Gasteiger partial charge in [-0.1, -0.05) is 91.0 Å². The number of carbonyl (C=O) groups is 3. The summed E-state index contributed by atoms with van der Waals surface area (Å²) in [5, 5.41) is 5.65.